The number of carbonyl (C=O) groups is 2. The zero-order chi connectivity index (χ0) is 34.9. The Labute approximate surface area is 292 Å². The number of fused-ring (bicyclic) bond motifs is 4. The summed E-state index contributed by atoms with van der Waals surface area (Å²) in [6.07, 6.45) is 10.3. The van der Waals surface area contributed by atoms with Crippen molar-refractivity contribution in [3.63, 3.8) is 0 Å². The Morgan fingerprint density at radius 1 is 0.660 bits per heavy atom. The molecule has 0 aliphatic carbocycles. The van der Waals surface area contributed by atoms with Crippen LogP contribution in [-0.4, -0.2) is 73.4 Å². The summed E-state index contributed by atoms with van der Waals surface area (Å²) in [5.41, 5.74) is 7.68. The summed E-state index contributed by atoms with van der Waals surface area (Å²) in [5.74, 6) is 1.87. The van der Waals surface area contributed by atoms with E-state index in [1.54, 1.807) is 38.5 Å². The van der Waals surface area contributed by atoms with Crippen molar-refractivity contribution in [1.82, 2.24) is 9.80 Å². The Kier molecular flexibility index (Phi) is 9.18. The van der Waals surface area contributed by atoms with Crippen LogP contribution in [-0.2, 0) is 19.6 Å². The molecule has 2 amide bonds. The first-order valence-corrected chi connectivity index (χ1v) is 17.1. The van der Waals surface area contributed by atoms with Crippen LogP contribution in [0.1, 0.15) is 71.0 Å². The lowest BCUT2D eigenvalue weighted by atomic mass is 10.0. The van der Waals surface area contributed by atoms with Gasteiger partial charge in [-0.15, -0.1) is 0 Å². The number of ether oxygens (including phenoxy) is 4. The summed E-state index contributed by atoms with van der Waals surface area (Å²) < 4.78 is 24.0. The third kappa shape index (κ3) is 6.26. The third-order valence-electron chi connectivity index (χ3n) is 9.93. The van der Waals surface area contributed by atoms with Crippen molar-refractivity contribution in [3.05, 3.63) is 93.6 Å². The van der Waals surface area contributed by atoms with E-state index in [1.165, 1.54) is 11.1 Å². The normalized spacial score (nSPS) is 20.7. The number of nitrogens with zero attached hydrogens (tertiary/aromatic N) is 4. The van der Waals surface area contributed by atoms with E-state index in [-0.39, 0.29) is 37.1 Å². The van der Waals surface area contributed by atoms with Gasteiger partial charge in [0.2, 0.25) is 0 Å². The standard InChI is InChI=1S/C40H42N4O6/c1-6-24-9-27(22-49-37-16-33-31(14-35(37)47-4)39(45)43-20-25(7-2)12-29(43)18-41-33)11-28(10-24)23-50-38-17-34-32(15-36(38)48-5)40(46)44-21-26(8-3)13-30(44)19-42-34/h7-11,14-19,29-30H,6,12-13,20-23H2,1-5H3/b25-7+,26-8+/t29-,30-/m0/s1. The molecular formula is C40H42N4O6. The molecule has 0 unspecified atom stereocenters. The van der Waals surface area contributed by atoms with Crippen molar-refractivity contribution < 1.29 is 28.5 Å². The van der Waals surface area contributed by atoms with Crippen LogP contribution < -0.4 is 18.9 Å². The molecule has 7 rings (SSSR count). The summed E-state index contributed by atoms with van der Waals surface area (Å²) in [6.45, 7) is 7.88. The summed E-state index contributed by atoms with van der Waals surface area (Å²) in [7, 11) is 3.15. The van der Waals surface area contributed by atoms with Gasteiger partial charge in [0.05, 0.1) is 48.8 Å². The minimum atomic E-state index is -0.0580. The zero-order valence-electron chi connectivity index (χ0n) is 29.2. The number of benzene rings is 3. The number of carbonyl (C=O) groups excluding carboxylic acids is 2. The van der Waals surface area contributed by atoms with E-state index in [4.69, 9.17) is 28.9 Å². The Hall–Kier alpha value is -5.38. The molecule has 10 nitrogen and oxygen atoms in total. The second-order valence-corrected chi connectivity index (χ2v) is 13.0. The highest BCUT2D eigenvalue weighted by atomic mass is 16.5. The highest BCUT2D eigenvalue weighted by Crippen LogP contribution is 2.40. The van der Waals surface area contributed by atoms with Gasteiger partial charge >= 0.3 is 0 Å². The van der Waals surface area contributed by atoms with Gasteiger partial charge in [-0.05, 0) is 68.0 Å². The number of allylic oxidation sites excluding steroid dienone is 2. The van der Waals surface area contributed by atoms with Gasteiger partial charge < -0.3 is 28.7 Å². The minimum absolute atomic E-state index is 0.0562. The largest absolute Gasteiger partial charge is 0.493 e. The number of hydrogen-bond acceptors (Lipinski definition) is 8. The van der Waals surface area contributed by atoms with Crippen molar-refractivity contribution in [2.45, 2.75) is 65.3 Å². The van der Waals surface area contributed by atoms with Crippen molar-refractivity contribution in [2.24, 2.45) is 9.98 Å². The molecule has 2 atom stereocenters. The average Bonchev–Trinajstić information content (AvgIpc) is 3.71. The van der Waals surface area contributed by atoms with Gasteiger partial charge in [0.15, 0.2) is 23.0 Å². The van der Waals surface area contributed by atoms with Crippen LogP contribution >= 0.6 is 0 Å². The smallest absolute Gasteiger partial charge is 0.257 e. The molecule has 4 aliphatic heterocycles. The SMILES string of the molecule is C/C=C1\C[C@H]2C=Nc3cc(OCc4cc(CC)cc(COc5cc6c(cc5OC)C(=O)N5C/C(=C/C)C[C@H]5C=N6)c4)c(OC)cc3C(=O)N2C1. The Morgan fingerprint density at radius 2 is 1.10 bits per heavy atom. The lowest BCUT2D eigenvalue weighted by Crippen LogP contribution is -2.35. The molecule has 258 valence electrons. The lowest BCUT2D eigenvalue weighted by Gasteiger charge is -2.20. The van der Waals surface area contributed by atoms with E-state index < -0.39 is 0 Å². The predicted molar refractivity (Wildman–Crippen MR) is 193 cm³/mol. The van der Waals surface area contributed by atoms with Crippen LogP contribution in [0, 0.1) is 0 Å². The predicted octanol–water partition coefficient (Wildman–Crippen LogP) is 7.18. The molecule has 3 aromatic carbocycles. The fourth-order valence-electron chi connectivity index (χ4n) is 7.06. The number of aryl methyl sites for hydroxylation is 1. The maximum Gasteiger partial charge on any atom is 0.257 e. The van der Waals surface area contributed by atoms with Gasteiger partial charge in [-0.1, -0.05) is 42.4 Å². The highest BCUT2D eigenvalue weighted by Gasteiger charge is 2.36. The van der Waals surface area contributed by atoms with Gasteiger partial charge in [0.1, 0.15) is 13.2 Å². The van der Waals surface area contributed by atoms with Crippen molar-refractivity contribution in [2.75, 3.05) is 27.3 Å². The molecule has 0 bridgehead atoms. The molecule has 0 aromatic heterocycles. The van der Waals surface area contributed by atoms with Gasteiger partial charge in [-0.25, -0.2) is 0 Å². The van der Waals surface area contributed by atoms with Crippen LogP contribution in [0.15, 0.2) is 75.7 Å². The molecular weight excluding hydrogens is 632 g/mol. The summed E-state index contributed by atoms with van der Waals surface area (Å²) >= 11 is 0. The number of amides is 2. The Morgan fingerprint density at radius 3 is 1.50 bits per heavy atom. The second kappa shape index (κ2) is 13.9. The summed E-state index contributed by atoms with van der Waals surface area (Å²) in [5, 5.41) is 0. The number of methoxy groups -OCH3 is 2. The molecule has 0 spiro atoms. The number of hydrogen-bond donors (Lipinski definition) is 0. The van der Waals surface area contributed by atoms with Crippen LogP contribution in [0.4, 0.5) is 11.4 Å². The maximum atomic E-state index is 13.5. The fraction of sp³-hybridized carbons (Fsp3) is 0.350. The molecule has 4 aliphatic rings. The average molecular weight is 675 g/mol. The molecule has 4 heterocycles. The van der Waals surface area contributed by atoms with Gasteiger partial charge in [-0.3, -0.25) is 19.6 Å². The van der Waals surface area contributed by atoms with E-state index in [9.17, 15) is 9.59 Å². The van der Waals surface area contributed by atoms with E-state index in [0.717, 1.165) is 36.0 Å². The Bertz CT molecular complexity index is 1840. The van der Waals surface area contributed by atoms with E-state index in [1.807, 2.05) is 36.1 Å². The van der Waals surface area contributed by atoms with E-state index >= 15 is 0 Å². The van der Waals surface area contributed by atoms with Gasteiger partial charge in [0, 0.05) is 37.7 Å². The lowest BCUT2D eigenvalue weighted by molar-refractivity contribution is 0.0769. The van der Waals surface area contributed by atoms with Gasteiger partial charge in [-0.2, -0.15) is 0 Å². The van der Waals surface area contributed by atoms with Crippen LogP contribution in [0.3, 0.4) is 0 Å². The monoisotopic (exact) mass is 674 g/mol. The molecule has 3 aromatic rings. The highest BCUT2D eigenvalue weighted by molar-refractivity contribution is 6.04. The van der Waals surface area contributed by atoms with Crippen LogP contribution in [0.2, 0.25) is 0 Å². The van der Waals surface area contributed by atoms with Crippen molar-refractivity contribution in [3.8, 4) is 23.0 Å². The molecule has 0 radical (unpaired) electrons. The fourth-order valence-corrected chi connectivity index (χ4v) is 7.06. The first-order chi connectivity index (χ1) is 24.3. The minimum Gasteiger partial charge on any atom is -0.493 e. The van der Waals surface area contributed by atoms with E-state index in [2.05, 4.69) is 37.3 Å². The maximum absolute atomic E-state index is 13.5. The van der Waals surface area contributed by atoms with Crippen LogP contribution in [0.5, 0.6) is 23.0 Å². The quantitative estimate of drug-likeness (QED) is 0.223. The first-order valence-electron chi connectivity index (χ1n) is 17.1. The summed E-state index contributed by atoms with van der Waals surface area (Å²) in [6, 6.07) is 13.2. The number of aliphatic imine (C=N–C) groups is 2. The molecule has 50 heavy (non-hydrogen) atoms. The molecule has 2 fully saturated rings. The third-order valence-corrected chi connectivity index (χ3v) is 9.93. The Balaban J connectivity index is 1.09. The summed E-state index contributed by atoms with van der Waals surface area (Å²) in [4.78, 5) is 40.1. The molecule has 10 heteroatoms. The molecule has 2 saturated heterocycles. The van der Waals surface area contributed by atoms with Crippen molar-refractivity contribution in [1.29, 1.82) is 0 Å². The first kappa shape index (κ1) is 33.1. The van der Waals surface area contributed by atoms with Crippen molar-refractivity contribution >= 4 is 35.6 Å². The van der Waals surface area contributed by atoms with E-state index in [0.29, 0.717) is 58.6 Å². The molecule has 0 saturated carbocycles. The molecule has 0 N–H and O–H groups in total. The number of rotatable bonds is 9. The second-order valence-electron chi connectivity index (χ2n) is 13.0. The topological polar surface area (TPSA) is 102 Å². The van der Waals surface area contributed by atoms with Gasteiger partial charge in [0.25, 0.3) is 11.8 Å². The van der Waals surface area contributed by atoms with Crippen LogP contribution in [0.25, 0.3) is 0 Å². The zero-order valence-corrected chi connectivity index (χ0v) is 29.2.